The first-order valence-corrected chi connectivity index (χ1v) is 17.2. The van der Waals surface area contributed by atoms with Crippen LogP contribution in [0.15, 0.2) is 25.3 Å². The molecule has 0 spiro atoms. The van der Waals surface area contributed by atoms with E-state index in [1.54, 1.807) is 0 Å². The number of hydrogen-bond acceptors (Lipinski definition) is 18. The van der Waals surface area contributed by atoms with Crippen molar-refractivity contribution in [2.45, 2.75) is 49.1 Å². The van der Waals surface area contributed by atoms with Gasteiger partial charge in [0, 0.05) is 7.11 Å². The summed E-state index contributed by atoms with van der Waals surface area (Å²) in [7, 11) is -3.53. The second-order valence-corrected chi connectivity index (χ2v) is 14.6. The number of imidazole rings is 2. The van der Waals surface area contributed by atoms with Gasteiger partial charge in [0.2, 0.25) is 0 Å². The van der Waals surface area contributed by atoms with Crippen LogP contribution in [-0.4, -0.2) is 106 Å². The lowest BCUT2D eigenvalue weighted by atomic mass is 10.1. The number of nitrogen functional groups attached to an aromatic ring is 2. The van der Waals surface area contributed by atoms with E-state index in [4.69, 9.17) is 55.4 Å². The number of ether oxygens (including phenoxy) is 2. The van der Waals surface area contributed by atoms with Gasteiger partial charge >= 0.3 is 14.5 Å². The molecule has 45 heavy (non-hydrogen) atoms. The molecule has 0 saturated carbocycles. The van der Waals surface area contributed by atoms with E-state index >= 15 is 4.39 Å². The normalized spacial score (nSPS) is 37.7. The van der Waals surface area contributed by atoms with Crippen LogP contribution < -0.4 is 11.5 Å². The minimum absolute atomic E-state index is 0.0571. The van der Waals surface area contributed by atoms with Crippen LogP contribution in [-0.2, 0) is 48.5 Å². The first-order valence-electron chi connectivity index (χ1n) is 13.1. The van der Waals surface area contributed by atoms with Crippen molar-refractivity contribution in [3.05, 3.63) is 25.3 Å². The van der Waals surface area contributed by atoms with Gasteiger partial charge in [-0.3, -0.25) is 27.2 Å². The zero-order valence-electron chi connectivity index (χ0n) is 22.9. The number of phosphoric acid groups is 1. The first-order chi connectivity index (χ1) is 21.5. The van der Waals surface area contributed by atoms with Gasteiger partial charge in [-0.05, 0) is 11.8 Å². The summed E-state index contributed by atoms with van der Waals surface area (Å²) < 4.78 is 71.7. The van der Waals surface area contributed by atoms with Crippen LogP contribution in [0.2, 0.25) is 0 Å². The van der Waals surface area contributed by atoms with E-state index < -0.39 is 76.9 Å². The number of aliphatic hydroxyl groups excluding tert-OH is 1. The van der Waals surface area contributed by atoms with E-state index in [1.807, 2.05) is 0 Å². The SMILES string of the molecule is COP1(=O)OC[C@H]2OC(n3cnc4c(N)ncnc43)C(OP(O)(=S)OC[C@H]3O[C@@H](n4cnc5c(N)ncnc54)C(F)C3O1)C2O. The highest BCUT2D eigenvalue weighted by atomic mass is 32.5. The summed E-state index contributed by atoms with van der Waals surface area (Å²) in [5.74, 6) is 0.141. The Hall–Kier alpha value is -2.85. The highest BCUT2D eigenvalue weighted by Crippen LogP contribution is 2.56. The molecular weight excluding hydrogens is 665 g/mol. The second kappa shape index (κ2) is 11.4. The predicted molar refractivity (Wildman–Crippen MR) is 151 cm³/mol. The van der Waals surface area contributed by atoms with E-state index in [-0.39, 0.29) is 34.0 Å². The predicted octanol–water partition coefficient (Wildman–Crippen LogP) is 0.113. The lowest BCUT2D eigenvalue weighted by Gasteiger charge is -2.27. The standard InChI is InChI=1S/C21H25FN10O10P2S/c1-36-43(34)37-2-8-13(33)15(21(39-8)32-7-30-12-17(24)26-5-28-19(12)32)42-44(35,45)38-3-9-14(41-43)10(22)20(40-9)31-6-29-11-16(23)25-4-27-18(11)31/h4-10,13-15,20-21,33H,2-3H2,1H3,(H,35,45)(H2,23,25,27)(H2,24,26,28)/t8-,9-,10?,13?,14?,15?,20-,21?,43?,44?/m1/s1. The number of nitrogens with zero attached hydrogens (tertiary/aromatic N) is 8. The monoisotopic (exact) mass is 690 g/mol. The van der Waals surface area contributed by atoms with Gasteiger partial charge in [-0.2, -0.15) is 0 Å². The Morgan fingerprint density at radius 1 is 0.911 bits per heavy atom. The molecule has 0 amide bonds. The van der Waals surface area contributed by atoms with Crippen molar-refractivity contribution in [3.63, 3.8) is 0 Å². The van der Waals surface area contributed by atoms with Crippen LogP contribution in [0.1, 0.15) is 12.5 Å². The van der Waals surface area contributed by atoms with E-state index in [0.717, 1.165) is 7.11 Å². The third kappa shape index (κ3) is 5.39. The molecule has 242 valence electrons. The maximum atomic E-state index is 16.1. The Morgan fingerprint density at radius 3 is 2.11 bits per heavy atom. The molecule has 7 unspecified atom stereocenters. The van der Waals surface area contributed by atoms with Gasteiger partial charge in [0.05, 0.1) is 25.9 Å². The molecule has 3 aliphatic heterocycles. The molecule has 3 aliphatic rings. The van der Waals surface area contributed by atoms with Gasteiger partial charge in [-0.1, -0.05) is 0 Å². The lowest BCUT2D eigenvalue weighted by Crippen LogP contribution is -2.35. The molecule has 0 aromatic carbocycles. The Balaban J connectivity index is 1.22. The van der Waals surface area contributed by atoms with E-state index in [1.165, 1.54) is 34.4 Å². The minimum atomic E-state index is -4.56. The fourth-order valence-electron chi connectivity index (χ4n) is 5.28. The van der Waals surface area contributed by atoms with Crippen molar-refractivity contribution in [3.8, 4) is 0 Å². The van der Waals surface area contributed by atoms with Gasteiger partial charge in [-0.25, -0.2) is 38.9 Å². The maximum absolute atomic E-state index is 16.1. The second-order valence-electron chi connectivity index (χ2n) is 10.1. The number of hydrogen-bond donors (Lipinski definition) is 4. The highest BCUT2D eigenvalue weighted by molar-refractivity contribution is 8.07. The lowest BCUT2D eigenvalue weighted by molar-refractivity contribution is -0.0645. The van der Waals surface area contributed by atoms with Crippen LogP contribution in [0.4, 0.5) is 16.0 Å². The van der Waals surface area contributed by atoms with Gasteiger partial charge in [0.15, 0.2) is 41.6 Å². The number of phosphoric ester groups is 1. The minimum Gasteiger partial charge on any atom is -0.387 e. The fraction of sp³-hybridized carbons (Fsp3) is 0.524. The smallest absolute Gasteiger partial charge is 0.387 e. The molecule has 24 heteroatoms. The Bertz CT molecular complexity index is 1850. The molecule has 6 N–H and O–H groups in total. The van der Waals surface area contributed by atoms with Crippen LogP contribution in [0.3, 0.4) is 0 Å². The molecule has 3 saturated heterocycles. The number of rotatable bonds is 3. The summed E-state index contributed by atoms with van der Waals surface area (Å²) in [6.07, 6.45) is -6.93. The van der Waals surface area contributed by atoms with Gasteiger partial charge in [0.1, 0.15) is 54.2 Å². The van der Waals surface area contributed by atoms with Crippen LogP contribution in [0.5, 0.6) is 0 Å². The topological polar surface area (TPSA) is 261 Å². The third-order valence-electron chi connectivity index (χ3n) is 7.43. The number of aromatic nitrogens is 8. The van der Waals surface area contributed by atoms with Crippen LogP contribution >= 0.6 is 14.5 Å². The van der Waals surface area contributed by atoms with Crippen molar-refractivity contribution >= 4 is 60.3 Å². The number of alkyl halides is 1. The number of nitrogens with two attached hydrogens (primary N) is 2. The van der Waals surface area contributed by atoms with Gasteiger partial charge < -0.3 is 35.5 Å². The van der Waals surface area contributed by atoms with Crippen LogP contribution in [0, 0.1) is 0 Å². The average molecular weight is 691 g/mol. The largest absolute Gasteiger partial charge is 0.475 e. The van der Waals surface area contributed by atoms with Crippen LogP contribution in [0.25, 0.3) is 22.3 Å². The molecule has 0 radical (unpaired) electrons. The van der Waals surface area contributed by atoms with Crippen molar-refractivity contribution in [2.24, 2.45) is 0 Å². The molecule has 0 aliphatic carbocycles. The quantitative estimate of drug-likeness (QED) is 0.208. The van der Waals surface area contributed by atoms with Crippen molar-refractivity contribution < 1.29 is 51.0 Å². The zero-order chi connectivity index (χ0) is 31.7. The number of anilines is 2. The summed E-state index contributed by atoms with van der Waals surface area (Å²) >= 11 is 5.25. The average Bonchev–Trinajstić information content (AvgIpc) is 3.77. The van der Waals surface area contributed by atoms with E-state index in [9.17, 15) is 14.6 Å². The summed E-state index contributed by atoms with van der Waals surface area (Å²) in [6, 6.07) is 0. The molecule has 20 nitrogen and oxygen atoms in total. The van der Waals surface area contributed by atoms with Gasteiger partial charge in [0.25, 0.3) is 0 Å². The summed E-state index contributed by atoms with van der Waals surface area (Å²) in [5.41, 5.74) is 12.6. The first kappa shape index (κ1) is 30.8. The fourth-order valence-corrected chi connectivity index (χ4v) is 7.82. The summed E-state index contributed by atoms with van der Waals surface area (Å²) in [5, 5.41) is 11.2. The van der Waals surface area contributed by atoms with Crippen molar-refractivity contribution in [1.82, 2.24) is 39.0 Å². The molecule has 4 aromatic rings. The maximum Gasteiger partial charge on any atom is 0.475 e. The molecule has 2 bridgehead atoms. The van der Waals surface area contributed by atoms with Gasteiger partial charge in [-0.15, -0.1) is 0 Å². The van der Waals surface area contributed by atoms with E-state index in [0.29, 0.717) is 0 Å². The van der Waals surface area contributed by atoms with E-state index in [2.05, 4.69) is 29.9 Å². The summed E-state index contributed by atoms with van der Waals surface area (Å²) in [4.78, 5) is 35.5. The number of halogens is 1. The molecule has 4 aromatic heterocycles. The molecule has 10 atom stereocenters. The molecule has 7 heterocycles. The Morgan fingerprint density at radius 2 is 1.49 bits per heavy atom. The molecule has 7 rings (SSSR count). The number of aliphatic hydroxyl groups is 1. The highest BCUT2D eigenvalue weighted by Gasteiger charge is 2.54. The molecule has 3 fully saturated rings. The summed E-state index contributed by atoms with van der Waals surface area (Å²) in [6.45, 7) is -5.44. The zero-order valence-corrected chi connectivity index (χ0v) is 25.5. The Labute approximate surface area is 256 Å². The van der Waals surface area contributed by atoms with Crippen molar-refractivity contribution in [1.29, 1.82) is 0 Å². The Kier molecular flexibility index (Phi) is 7.83. The number of fused-ring (bicyclic) bond motifs is 5. The third-order valence-corrected chi connectivity index (χ3v) is 10.4. The molecular formula is C21H25FN10O10P2S. The van der Waals surface area contributed by atoms with Crippen molar-refractivity contribution in [2.75, 3.05) is 31.8 Å².